The molecule has 0 radical (unpaired) electrons. The highest BCUT2D eigenvalue weighted by atomic mass is 35.5. The normalized spacial score (nSPS) is 14.9. The van der Waals surface area contributed by atoms with Crippen molar-refractivity contribution in [2.45, 2.75) is 11.1 Å². The van der Waals surface area contributed by atoms with E-state index in [1.807, 2.05) is 17.0 Å². The molecule has 1 aliphatic rings. The number of benzene rings is 3. The summed E-state index contributed by atoms with van der Waals surface area (Å²) in [7, 11) is -4.16. The van der Waals surface area contributed by atoms with Gasteiger partial charge in [-0.25, -0.2) is 8.42 Å². The number of hydrogen-bond donors (Lipinski definition) is 2. The highest BCUT2D eigenvalue weighted by Crippen LogP contribution is 2.35. The van der Waals surface area contributed by atoms with Gasteiger partial charge in [0.1, 0.15) is 4.90 Å². The molecule has 0 unspecified atom stereocenters. The lowest BCUT2D eigenvalue weighted by molar-refractivity contribution is -0.137. The summed E-state index contributed by atoms with van der Waals surface area (Å²) in [6.07, 6.45) is -4.56. The fourth-order valence-corrected chi connectivity index (χ4v) is 5.12. The fraction of sp³-hybridized carbons (Fsp3) is 0.238. The molecule has 0 spiro atoms. The number of piperazine rings is 1. The Morgan fingerprint density at radius 3 is 2.35 bits per heavy atom. The maximum Gasteiger partial charge on any atom is 0.416 e. The summed E-state index contributed by atoms with van der Waals surface area (Å²) in [5, 5.41) is 4.48. The summed E-state index contributed by atoms with van der Waals surface area (Å²) in [6.45, 7) is 2.69. The van der Waals surface area contributed by atoms with E-state index in [1.54, 1.807) is 24.3 Å². The van der Waals surface area contributed by atoms with E-state index in [9.17, 15) is 21.6 Å². The number of nitrogens with zero attached hydrogens (tertiary/aromatic N) is 1. The van der Waals surface area contributed by atoms with Crippen molar-refractivity contribution < 1.29 is 21.6 Å². The quantitative estimate of drug-likeness (QED) is 0.588. The highest BCUT2D eigenvalue weighted by Gasteiger charge is 2.31. The Morgan fingerprint density at radius 2 is 1.65 bits per heavy atom. The first-order chi connectivity index (χ1) is 14.3. The molecule has 3 aromatic rings. The Balaban J connectivity index is 0.00000272. The van der Waals surface area contributed by atoms with Crippen molar-refractivity contribution >= 4 is 44.6 Å². The molecule has 0 atom stereocenters. The van der Waals surface area contributed by atoms with Crippen molar-refractivity contribution in [1.29, 1.82) is 0 Å². The molecule has 4 rings (SSSR count). The van der Waals surface area contributed by atoms with Crippen molar-refractivity contribution in [3.63, 3.8) is 0 Å². The van der Waals surface area contributed by atoms with Crippen molar-refractivity contribution in [2.75, 3.05) is 35.8 Å². The van der Waals surface area contributed by atoms with Gasteiger partial charge in [0.15, 0.2) is 0 Å². The van der Waals surface area contributed by atoms with Crippen LogP contribution in [0.15, 0.2) is 65.6 Å². The predicted octanol–water partition coefficient (Wildman–Crippen LogP) is 4.49. The molecular formula is C21H21ClF3N3O2S. The second kappa shape index (κ2) is 8.94. The van der Waals surface area contributed by atoms with E-state index in [4.69, 9.17) is 0 Å². The lowest BCUT2D eigenvalue weighted by Crippen LogP contribution is -2.44. The van der Waals surface area contributed by atoms with Crippen LogP contribution in [-0.2, 0) is 16.2 Å². The number of fused-ring (bicyclic) bond motifs is 1. The van der Waals surface area contributed by atoms with Crippen LogP contribution in [0.4, 0.5) is 24.5 Å². The predicted molar refractivity (Wildman–Crippen MR) is 119 cm³/mol. The fourth-order valence-electron chi connectivity index (χ4n) is 3.63. The number of nitrogens with one attached hydrogen (secondary N) is 2. The average molecular weight is 472 g/mol. The standard InChI is InChI=1S/C21H20F3N3O2S.ClH/c22-21(23,24)16-5-3-6-17(14-16)26-30(28,29)20-18-7-2-1-4-15(18)8-9-19(20)27-12-10-25-11-13-27;/h1-9,14,25-26H,10-13H2;1H. The van der Waals surface area contributed by atoms with Gasteiger partial charge in [-0.1, -0.05) is 36.4 Å². The van der Waals surface area contributed by atoms with Crippen LogP contribution in [-0.4, -0.2) is 34.6 Å². The number of anilines is 2. The molecule has 2 N–H and O–H groups in total. The molecule has 0 amide bonds. The molecule has 1 heterocycles. The minimum absolute atomic E-state index is 0. The van der Waals surface area contributed by atoms with Crippen molar-refractivity contribution in [1.82, 2.24) is 5.32 Å². The van der Waals surface area contributed by atoms with Crippen LogP contribution in [0.5, 0.6) is 0 Å². The van der Waals surface area contributed by atoms with Crippen LogP contribution in [0.3, 0.4) is 0 Å². The SMILES string of the molecule is Cl.O=S(=O)(Nc1cccc(C(F)(F)F)c1)c1c(N2CCNCC2)ccc2ccccc12. The number of rotatable bonds is 4. The molecule has 10 heteroatoms. The first-order valence-corrected chi connectivity index (χ1v) is 10.9. The van der Waals surface area contributed by atoms with E-state index in [-0.39, 0.29) is 23.0 Å². The zero-order valence-electron chi connectivity index (χ0n) is 16.3. The summed E-state index contributed by atoms with van der Waals surface area (Å²) in [5.74, 6) is 0. The van der Waals surface area contributed by atoms with Crippen LogP contribution >= 0.6 is 12.4 Å². The molecule has 3 aromatic carbocycles. The number of halogens is 4. The van der Waals surface area contributed by atoms with Crippen LogP contribution in [0.2, 0.25) is 0 Å². The third-order valence-electron chi connectivity index (χ3n) is 5.03. The largest absolute Gasteiger partial charge is 0.416 e. The molecule has 31 heavy (non-hydrogen) atoms. The van der Waals surface area contributed by atoms with Gasteiger partial charge in [0.25, 0.3) is 10.0 Å². The van der Waals surface area contributed by atoms with E-state index >= 15 is 0 Å². The molecular weight excluding hydrogens is 451 g/mol. The van der Waals surface area contributed by atoms with Crippen molar-refractivity contribution in [2.24, 2.45) is 0 Å². The van der Waals surface area contributed by atoms with E-state index < -0.39 is 21.8 Å². The van der Waals surface area contributed by atoms with E-state index in [2.05, 4.69) is 10.0 Å². The highest BCUT2D eigenvalue weighted by molar-refractivity contribution is 7.93. The zero-order chi connectivity index (χ0) is 21.4. The van der Waals surface area contributed by atoms with E-state index in [0.717, 1.165) is 17.5 Å². The summed E-state index contributed by atoms with van der Waals surface area (Å²) in [4.78, 5) is 2.05. The van der Waals surface area contributed by atoms with Gasteiger partial charge in [-0.15, -0.1) is 12.4 Å². The smallest absolute Gasteiger partial charge is 0.368 e. The van der Waals surface area contributed by atoms with E-state index in [1.165, 1.54) is 12.1 Å². The number of hydrogen-bond acceptors (Lipinski definition) is 4. The zero-order valence-corrected chi connectivity index (χ0v) is 17.9. The third-order valence-corrected chi connectivity index (χ3v) is 6.50. The van der Waals surface area contributed by atoms with Crippen molar-refractivity contribution in [3.8, 4) is 0 Å². The minimum Gasteiger partial charge on any atom is -0.368 e. The Morgan fingerprint density at radius 1 is 0.935 bits per heavy atom. The van der Waals surface area contributed by atoms with Crippen LogP contribution in [0, 0.1) is 0 Å². The minimum atomic E-state index is -4.56. The summed E-state index contributed by atoms with van der Waals surface area (Å²) >= 11 is 0. The molecule has 1 saturated heterocycles. The Labute approximate surface area is 184 Å². The maximum absolute atomic E-state index is 13.4. The molecule has 5 nitrogen and oxygen atoms in total. The van der Waals surface area contributed by atoms with Gasteiger partial charge in [0.2, 0.25) is 0 Å². The van der Waals surface area contributed by atoms with Gasteiger partial charge in [-0.05, 0) is 29.7 Å². The van der Waals surface area contributed by atoms with Gasteiger partial charge in [0.05, 0.1) is 11.3 Å². The maximum atomic E-state index is 13.4. The third kappa shape index (κ3) is 4.89. The summed E-state index contributed by atoms with van der Waals surface area (Å²) < 4.78 is 68.3. The number of sulfonamides is 1. The Kier molecular flexibility index (Phi) is 6.68. The molecule has 1 aliphatic heterocycles. The van der Waals surface area contributed by atoms with Gasteiger partial charge in [-0.2, -0.15) is 13.2 Å². The molecule has 0 aliphatic carbocycles. The van der Waals surface area contributed by atoms with Gasteiger partial charge < -0.3 is 10.2 Å². The average Bonchev–Trinajstić information content (AvgIpc) is 2.73. The monoisotopic (exact) mass is 471 g/mol. The first-order valence-electron chi connectivity index (χ1n) is 9.43. The second-order valence-corrected chi connectivity index (χ2v) is 8.68. The molecule has 166 valence electrons. The topological polar surface area (TPSA) is 61.4 Å². The van der Waals surface area contributed by atoms with Crippen molar-refractivity contribution in [3.05, 3.63) is 66.2 Å². The van der Waals surface area contributed by atoms with E-state index in [0.29, 0.717) is 37.3 Å². The molecule has 1 fully saturated rings. The Bertz CT molecular complexity index is 1180. The second-order valence-electron chi connectivity index (χ2n) is 7.06. The van der Waals surface area contributed by atoms with Crippen LogP contribution < -0.4 is 14.9 Å². The van der Waals surface area contributed by atoms with Crippen LogP contribution in [0.1, 0.15) is 5.56 Å². The van der Waals surface area contributed by atoms with Gasteiger partial charge in [-0.3, -0.25) is 4.72 Å². The number of alkyl halides is 3. The summed E-state index contributed by atoms with van der Waals surface area (Å²) in [5.41, 5.74) is -0.512. The lowest BCUT2D eigenvalue weighted by atomic mass is 10.1. The molecule has 0 bridgehead atoms. The van der Waals surface area contributed by atoms with Gasteiger partial charge >= 0.3 is 6.18 Å². The first kappa shape index (κ1) is 23.2. The Hall–Kier alpha value is -2.49. The van der Waals surface area contributed by atoms with Gasteiger partial charge in [0, 0.05) is 37.3 Å². The molecule has 0 aromatic heterocycles. The summed E-state index contributed by atoms with van der Waals surface area (Å²) in [6, 6.07) is 14.9. The lowest BCUT2D eigenvalue weighted by Gasteiger charge is -2.31. The molecule has 0 saturated carbocycles. The van der Waals surface area contributed by atoms with Crippen LogP contribution in [0.25, 0.3) is 10.8 Å².